The van der Waals surface area contributed by atoms with Crippen molar-refractivity contribution in [2.24, 2.45) is 5.92 Å². The number of aromatic nitrogens is 2. The van der Waals surface area contributed by atoms with E-state index in [0.717, 1.165) is 22.3 Å². The van der Waals surface area contributed by atoms with Gasteiger partial charge < -0.3 is 9.84 Å². The second-order valence-corrected chi connectivity index (χ2v) is 11.5. The molecule has 0 aliphatic carbocycles. The summed E-state index contributed by atoms with van der Waals surface area (Å²) >= 11 is 5.85. The molecular weight excluding hydrogens is 500 g/mol. The van der Waals surface area contributed by atoms with E-state index in [0.29, 0.717) is 30.2 Å². The molecule has 1 saturated heterocycles. The molecule has 8 nitrogen and oxygen atoms in total. The Kier molecular flexibility index (Phi) is 7.63. The minimum absolute atomic E-state index is 0.0293. The third-order valence-electron chi connectivity index (χ3n) is 6.30. The van der Waals surface area contributed by atoms with Crippen molar-refractivity contribution >= 4 is 45.5 Å². The van der Waals surface area contributed by atoms with Gasteiger partial charge in [0.05, 0.1) is 10.9 Å². The van der Waals surface area contributed by atoms with Crippen molar-refractivity contribution < 1.29 is 17.7 Å². The van der Waals surface area contributed by atoms with Crippen molar-refractivity contribution in [3.8, 4) is 0 Å². The monoisotopic (exact) mass is 528 g/mol. The minimum Gasteiger partial charge on any atom is -0.355 e. The molecule has 0 radical (unpaired) electrons. The molecule has 3 aromatic rings. The zero-order valence-corrected chi connectivity index (χ0v) is 22.3. The second-order valence-electron chi connectivity index (χ2n) is 9.16. The molecule has 0 saturated carbocycles. The number of hydrogen-bond acceptors (Lipinski definition) is 6. The van der Waals surface area contributed by atoms with Gasteiger partial charge in [-0.15, -0.1) is 0 Å². The third-order valence-corrected chi connectivity index (χ3v) is 8.55. The van der Waals surface area contributed by atoms with Crippen molar-refractivity contribution in [3.63, 3.8) is 0 Å². The van der Waals surface area contributed by atoms with E-state index in [-0.39, 0.29) is 28.8 Å². The van der Waals surface area contributed by atoms with Crippen LogP contribution in [0.15, 0.2) is 39.9 Å². The molecule has 10 heteroatoms. The molecule has 1 atom stereocenters. The molecule has 4 rings (SSSR count). The molecule has 1 amide bonds. The van der Waals surface area contributed by atoms with E-state index in [1.54, 1.807) is 25.1 Å². The molecule has 0 bridgehead atoms. The highest BCUT2D eigenvalue weighted by atomic mass is 35.5. The number of rotatable bonds is 6. The topological polar surface area (TPSA) is 105 Å². The summed E-state index contributed by atoms with van der Waals surface area (Å²) in [5.41, 5.74) is 4.62. The molecule has 0 spiro atoms. The Labute approximate surface area is 216 Å². The number of sulfonamides is 1. The Morgan fingerprint density at radius 3 is 2.56 bits per heavy atom. The highest BCUT2D eigenvalue weighted by molar-refractivity contribution is 7.89. The average molecular weight is 529 g/mol. The predicted octanol–water partition coefficient (Wildman–Crippen LogP) is 5.17. The number of benzene rings is 1. The fourth-order valence-corrected chi connectivity index (χ4v) is 6.48. The smallest absolute Gasteiger partial charge is 0.248 e. The molecule has 36 heavy (non-hydrogen) atoms. The van der Waals surface area contributed by atoms with E-state index in [4.69, 9.17) is 16.1 Å². The first kappa shape index (κ1) is 26.1. The Morgan fingerprint density at radius 1 is 1.17 bits per heavy atom. The first-order chi connectivity index (χ1) is 17.1. The van der Waals surface area contributed by atoms with Crippen LogP contribution < -0.4 is 5.32 Å². The molecule has 1 unspecified atom stereocenters. The van der Waals surface area contributed by atoms with Crippen molar-refractivity contribution in [1.82, 2.24) is 14.4 Å². The normalized spacial score (nSPS) is 17.0. The van der Waals surface area contributed by atoms with Crippen LogP contribution in [0.3, 0.4) is 0 Å². The van der Waals surface area contributed by atoms with Gasteiger partial charge in [-0.3, -0.25) is 4.79 Å². The lowest BCUT2D eigenvalue weighted by atomic mass is 9.99. The van der Waals surface area contributed by atoms with Gasteiger partial charge in [0.1, 0.15) is 11.5 Å². The van der Waals surface area contributed by atoms with Crippen LogP contribution in [0, 0.1) is 33.6 Å². The van der Waals surface area contributed by atoms with Gasteiger partial charge in [0.2, 0.25) is 15.9 Å². The van der Waals surface area contributed by atoms with Gasteiger partial charge in [-0.1, -0.05) is 40.5 Å². The highest BCUT2D eigenvalue weighted by Crippen LogP contribution is 2.30. The van der Waals surface area contributed by atoms with Gasteiger partial charge in [-0.2, -0.15) is 4.31 Å². The largest absolute Gasteiger partial charge is 0.355 e. The maximum atomic E-state index is 13.7. The zero-order valence-electron chi connectivity index (χ0n) is 20.7. The van der Waals surface area contributed by atoms with E-state index in [2.05, 4.69) is 27.6 Å². The van der Waals surface area contributed by atoms with Gasteiger partial charge in [0, 0.05) is 19.3 Å². The van der Waals surface area contributed by atoms with E-state index in [9.17, 15) is 13.2 Å². The Morgan fingerprint density at radius 2 is 1.89 bits per heavy atom. The summed E-state index contributed by atoms with van der Waals surface area (Å²) in [6, 6.07) is 7.39. The Hall–Kier alpha value is -3.01. The SMILES string of the molecule is Cc1cc(C)c(C=Cc2onc(C)c2S(=O)(=O)N2CCCC(C(=O)Nc3ccc(Cl)cn3)C2)c(C)c1. The highest BCUT2D eigenvalue weighted by Gasteiger charge is 2.37. The van der Waals surface area contributed by atoms with Crippen molar-refractivity contribution in [2.45, 2.75) is 45.4 Å². The maximum absolute atomic E-state index is 13.7. The van der Waals surface area contributed by atoms with Gasteiger partial charge in [0.25, 0.3) is 0 Å². The Balaban J connectivity index is 1.56. The number of nitrogens with zero attached hydrogens (tertiary/aromatic N) is 3. The van der Waals surface area contributed by atoms with E-state index in [1.807, 2.05) is 26.8 Å². The standard InChI is InChI=1S/C26H29ClN4O4S/c1-16-12-17(2)22(18(3)13-16)8-9-23-25(19(4)30-35-23)36(33,34)31-11-5-6-20(15-31)26(32)29-24-10-7-21(27)14-28-24/h7-10,12-14,20H,5-6,11,15H2,1-4H3,(H,28,29,32). The van der Waals surface area contributed by atoms with Crippen LogP contribution in [0.5, 0.6) is 0 Å². The summed E-state index contributed by atoms with van der Waals surface area (Å²) in [5, 5.41) is 7.15. The number of amides is 1. The van der Waals surface area contributed by atoms with Gasteiger partial charge >= 0.3 is 0 Å². The van der Waals surface area contributed by atoms with Crippen LogP contribution in [0.1, 0.15) is 46.5 Å². The number of carbonyl (C=O) groups is 1. The average Bonchev–Trinajstić information content (AvgIpc) is 3.21. The molecule has 1 N–H and O–H groups in total. The number of anilines is 1. The lowest BCUT2D eigenvalue weighted by Crippen LogP contribution is -2.44. The quantitative estimate of drug-likeness (QED) is 0.473. The van der Waals surface area contributed by atoms with Crippen molar-refractivity contribution in [3.05, 3.63) is 69.2 Å². The van der Waals surface area contributed by atoms with Gasteiger partial charge in [-0.05, 0) is 75.4 Å². The maximum Gasteiger partial charge on any atom is 0.248 e. The molecule has 2 aromatic heterocycles. The van der Waals surface area contributed by atoms with E-state index in [1.165, 1.54) is 10.5 Å². The van der Waals surface area contributed by atoms with E-state index < -0.39 is 15.9 Å². The van der Waals surface area contributed by atoms with E-state index >= 15 is 0 Å². The molecule has 1 aromatic carbocycles. The number of pyridine rings is 1. The Bertz CT molecular complexity index is 1390. The number of halogens is 1. The van der Waals surface area contributed by atoms with Crippen LogP contribution >= 0.6 is 11.6 Å². The summed E-state index contributed by atoms with van der Waals surface area (Å²) in [6.07, 6.45) is 6.08. The number of aryl methyl sites for hydroxylation is 4. The van der Waals surface area contributed by atoms with Crippen molar-refractivity contribution in [2.75, 3.05) is 18.4 Å². The third kappa shape index (κ3) is 5.53. The number of nitrogens with one attached hydrogen (secondary N) is 1. The van der Waals surface area contributed by atoms with Crippen molar-refractivity contribution in [1.29, 1.82) is 0 Å². The molecule has 1 fully saturated rings. The lowest BCUT2D eigenvalue weighted by Gasteiger charge is -2.31. The summed E-state index contributed by atoms with van der Waals surface area (Å²) in [7, 11) is -3.94. The number of carbonyl (C=O) groups excluding carboxylic acids is 1. The first-order valence-corrected chi connectivity index (χ1v) is 13.5. The summed E-state index contributed by atoms with van der Waals surface area (Å²) < 4.78 is 34.1. The molecule has 1 aliphatic rings. The lowest BCUT2D eigenvalue weighted by molar-refractivity contribution is -0.120. The van der Waals surface area contributed by atoms with Gasteiger partial charge in [-0.25, -0.2) is 13.4 Å². The first-order valence-electron chi connectivity index (χ1n) is 11.7. The fourth-order valence-electron chi connectivity index (χ4n) is 4.59. The molecule has 1 aliphatic heterocycles. The number of hydrogen-bond donors (Lipinski definition) is 1. The zero-order chi connectivity index (χ0) is 26.0. The number of piperidine rings is 1. The summed E-state index contributed by atoms with van der Waals surface area (Å²) in [4.78, 5) is 17.0. The van der Waals surface area contributed by atoms with Crippen LogP contribution in [0.2, 0.25) is 5.02 Å². The summed E-state index contributed by atoms with van der Waals surface area (Å²) in [5.74, 6) is -0.252. The second kappa shape index (κ2) is 10.5. The fraction of sp³-hybridized carbons (Fsp3) is 0.346. The molecule has 3 heterocycles. The van der Waals surface area contributed by atoms with Crippen LogP contribution in [0.4, 0.5) is 5.82 Å². The van der Waals surface area contributed by atoms with Crippen LogP contribution in [-0.4, -0.2) is 41.9 Å². The van der Waals surface area contributed by atoms with Crippen LogP contribution in [0.25, 0.3) is 12.2 Å². The summed E-state index contributed by atoms with van der Waals surface area (Å²) in [6.45, 7) is 8.05. The van der Waals surface area contributed by atoms with Gasteiger partial charge in [0.15, 0.2) is 10.7 Å². The molecular formula is C26H29ClN4O4S. The molecule has 190 valence electrons. The minimum atomic E-state index is -3.94. The predicted molar refractivity (Wildman–Crippen MR) is 140 cm³/mol. The van der Waals surface area contributed by atoms with Crippen LogP contribution in [-0.2, 0) is 14.8 Å².